The fraction of sp³-hybridized carbons (Fsp3) is 0.863. The van der Waals surface area contributed by atoms with E-state index < -0.39 is 86.8 Å². The van der Waals surface area contributed by atoms with Gasteiger partial charge >= 0.3 is 0 Å². The van der Waals surface area contributed by atoms with Crippen LogP contribution >= 0.6 is 0 Å². The fourth-order valence-corrected chi connectivity index (χ4v) is 8.45. The molecule has 0 aliphatic carbocycles. The highest BCUT2D eigenvalue weighted by Gasteiger charge is 2.51. The van der Waals surface area contributed by atoms with E-state index in [1.165, 1.54) is 116 Å². The van der Waals surface area contributed by atoms with E-state index in [9.17, 15) is 45.6 Å². The third-order valence-corrected chi connectivity index (χ3v) is 12.7. The van der Waals surface area contributed by atoms with Gasteiger partial charge in [0.25, 0.3) is 0 Å². The van der Waals surface area contributed by atoms with Crippen molar-refractivity contribution in [3.8, 4) is 0 Å². The molecule has 2 heterocycles. The molecule has 0 aromatic rings. The normalized spacial score (nSPS) is 27.3. The van der Waals surface area contributed by atoms with Crippen LogP contribution in [0, 0.1) is 0 Å². The molecular weight excluding hydrogens is 835 g/mol. The summed E-state index contributed by atoms with van der Waals surface area (Å²) in [5.74, 6) is -0.255. The van der Waals surface area contributed by atoms with Gasteiger partial charge in [0.1, 0.15) is 48.8 Å². The quantitative estimate of drug-likeness (QED) is 0.0231. The molecule has 2 saturated heterocycles. The van der Waals surface area contributed by atoms with E-state index in [2.05, 4.69) is 30.5 Å². The molecule has 65 heavy (non-hydrogen) atoms. The maximum atomic E-state index is 13.1. The Balaban J connectivity index is 1.75. The van der Waals surface area contributed by atoms with Gasteiger partial charge < -0.3 is 65.1 Å². The first kappa shape index (κ1) is 59.3. The summed E-state index contributed by atoms with van der Waals surface area (Å²) < 4.78 is 22.6. The van der Waals surface area contributed by atoms with Crippen LogP contribution in [0.2, 0.25) is 0 Å². The zero-order chi connectivity index (χ0) is 47.5. The number of carbonyl (C=O) groups excluding carboxylic acids is 1. The van der Waals surface area contributed by atoms with Crippen molar-refractivity contribution in [3.63, 3.8) is 0 Å². The summed E-state index contributed by atoms with van der Waals surface area (Å²) in [6.45, 7) is 2.52. The molecule has 9 N–H and O–H groups in total. The minimum atomic E-state index is -1.79. The summed E-state index contributed by atoms with van der Waals surface area (Å²) in [4.78, 5) is 13.1. The summed E-state index contributed by atoms with van der Waals surface area (Å²) in [6, 6.07) is -0.932. The van der Waals surface area contributed by atoms with Gasteiger partial charge in [-0.25, -0.2) is 0 Å². The number of amides is 1. The molecule has 0 radical (unpaired) electrons. The summed E-state index contributed by atoms with van der Waals surface area (Å²) in [7, 11) is 0. The minimum Gasteiger partial charge on any atom is -0.394 e. The molecule has 2 aliphatic heterocycles. The maximum Gasteiger partial charge on any atom is 0.220 e. The molecule has 12 unspecified atom stereocenters. The zero-order valence-electron chi connectivity index (χ0n) is 40.2. The van der Waals surface area contributed by atoms with Gasteiger partial charge in [0.2, 0.25) is 5.91 Å². The summed E-state index contributed by atoms with van der Waals surface area (Å²) >= 11 is 0. The Bertz CT molecular complexity index is 1230. The van der Waals surface area contributed by atoms with Gasteiger partial charge in [-0.15, -0.1) is 0 Å². The smallest absolute Gasteiger partial charge is 0.220 e. The van der Waals surface area contributed by atoms with Crippen LogP contribution in [0.5, 0.6) is 0 Å². The fourth-order valence-electron chi connectivity index (χ4n) is 8.45. The lowest BCUT2D eigenvalue weighted by atomic mass is 9.97. The highest BCUT2D eigenvalue weighted by molar-refractivity contribution is 5.76. The molecule has 0 aromatic heterocycles. The third kappa shape index (κ3) is 25.4. The van der Waals surface area contributed by atoms with E-state index in [0.717, 1.165) is 38.5 Å². The number of aliphatic hydroxyl groups excluding tert-OH is 8. The summed E-state index contributed by atoms with van der Waals surface area (Å²) in [5.41, 5.74) is 0. The Morgan fingerprint density at radius 3 is 1.51 bits per heavy atom. The number of carbonyl (C=O) groups is 1. The van der Waals surface area contributed by atoms with Crippen molar-refractivity contribution in [3.05, 3.63) is 36.5 Å². The van der Waals surface area contributed by atoms with Crippen LogP contribution in [0.4, 0.5) is 0 Å². The van der Waals surface area contributed by atoms with Crippen LogP contribution < -0.4 is 5.32 Å². The minimum absolute atomic E-state index is 0.255. The highest BCUT2D eigenvalue weighted by atomic mass is 16.7. The van der Waals surface area contributed by atoms with Crippen molar-refractivity contribution in [1.29, 1.82) is 0 Å². The number of hydrogen-bond acceptors (Lipinski definition) is 13. The van der Waals surface area contributed by atoms with Gasteiger partial charge in [-0.3, -0.25) is 4.79 Å². The van der Waals surface area contributed by atoms with Crippen molar-refractivity contribution in [2.24, 2.45) is 0 Å². The maximum absolute atomic E-state index is 13.1. The van der Waals surface area contributed by atoms with Crippen molar-refractivity contribution in [2.45, 2.75) is 261 Å². The Kier molecular flexibility index (Phi) is 34.8. The molecule has 14 heteroatoms. The molecule has 380 valence electrons. The Hall–Kier alpha value is -1.79. The van der Waals surface area contributed by atoms with Gasteiger partial charge in [-0.05, 0) is 39.0 Å². The van der Waals surface area contributed by atoms with Gasteiger partial charge in [0.05, 0.1) is 32.0 Å². The van der Waals surface area contributed by atoms with Gasteiger partial charge in [-0.2, -0.15) is 0 Å². The lowest BCUT2D eigenvalue weighted by Crippen LogP contribution is -2.65. The predicted octanol–water partition coefficient (Wildman–Crippen LogP) is 6.71. The summed E-state index contributed by atoms with van der Waals surface area (Å²) in [6.07, 6.45) is 26.6. The van der Waals surface area contributed by atoms with Crippen LogP contribution in [0.3, 0.4) is 0 Å². The van der Waals surface area contributed by atoms with E-state index in [1.54, 1.807) is 6.08 Å². The third-order valence-electron chi connectivity index (χ3n) is 12.7. The molecule has 1 amide bonds. The van der Waals surface area contributed by atoms with Crippen LogP contribution in [-0.4, -0.2) is 140 Å². The molecule has 14 nitrogen and oxygen atoms in total. The van der Waals surface area contributed by atoms with E-state index in [0.29, 0.717) is 12.8 Å². The van der Waals surface area contributed by atoms with Crippen LogP contribution in [0.15, 0.2) is 36.5 Å². The van der Waals surface area contributed by atoms with E-state index >= 15 is 0 Å². The van der Waals surface area contributed by atoms with E-state index in [1.807, 2.05) is 19.1 Å². The molecule has 2 fully saturated rings. The molecule has 0 saturated carbocycles. The number of unbranched alkanes of at least 4 members (excludes halogenated alkanes) is 23. The monoisotopic (exact) mass is 928 g/mol. The Morgan fingerprint density at radius 1 is 0.569 bits per heavy atom. The second-order valence-corrected chi connectivity index (χ2v) is 18.3. The Labute approximate surface area is 391 Å². The first-order chi connectivity index (χ1) is 31.6. The topological polar surface area (TPSA) is 228 Å². The standard InChI is InChI=1S/C51H93NO13/c1-3-5-7-9-11-13-14-15-16-17-18-19-20-21-22-23-24-25-27-29-31-33-35-43(56)52-39(40(55)34-32-30-28-26-12-10-8-6-4-2)38-62-50-48(61)46(59)49(42(37-54)64-50)65-51-47(60)45(58)44(57)41(36-53)63-51/h4,6,12,26,32,34,39-42,44-51,53-55,57-61H,3,5,7-11,13-25,27-31,33,35-38H2,1-2H3,(H,52,56)/b6-4+,26-12+,34-32+. The zero-order valence-corrected chi connectivity index (χ0v) is 40.2. The number of nitrogens with one attached hydrogen (secondary N) is 1. The number of hydrogen-bond donors (Lipinski definition) is 9. The summed E-state index contributed by atoms with van der Waals surface area (Å²) in [5, 5.41) is 86.5. The average Bonchev–Trinajstić information content (AvgIpc) is 3.30. The highest BCUT2D eigenvalue weighted by Crippen LogP contribution is 2.30. The first-order valence-corrected chi connectivity index (χ1v) is 25.7. The number of ether oxygens (including phenoxy) is 4. The number of aliphatic hydroxyl groups is 8. The largest absolute Gasteiger partial charge is 0.394 e. The van der Waals surface area contributed by atoms with Gasteiger partial charge in [0.15, 0.2) is 12.6 Å². The molecule has 0 aromatic carbocycles. The number of rotatable bonds is 39. The average molecular weight is 928 g/mol. The predicted molar refractivity (Wildman–Crippen MR) is 254 cm³/mol. The molecule has 2 rings (SSSR count). The Morgan fingerprint density at radius 2 is 1.02 bits per heavy atom. The van der Waals surface area contributed by atoms with Gasteiger partial charge in [0, 0.05) is 6.42 Å². The SMILES string of the molecule is C/C=C/CC/C=C/CC/C=C/C(O)C(COC1OC(CO)C(OC2OC(CO)C(O)C(O)C2O)C(O)C1O)NC(=O)CCCCCCCCCCCCCCCCCCCCCCCC. The van der Waals surface area contributed by atoms with Crippen molar-refractivity contribution < 1.29 is 64.6 Å². The lowest BCUT2D eigenvalue weighted by molar-refractivity contribution is -0.359. The molecular formula is C51H93NO13. The second-order valence-electron chi connectivity index (χ2n) is 18.3. The second kappa shape index (κ2) is 38.1. The van der Waals surface area contributed by atoms with Gasteiger partial charge in [-0.1, -0.05) is 178 Å². The van der Waals surface area contributed by atoms with Crippen molar-refractivity contribution in [2.75, 3.05) is 19.8 Å². The lowest BCUT2D eigenvalue weighted by Gasteiger charge is -2.46. The molecule has 12 atom stereocenters. The van der Waals surface area contributed by atoms with Crippen LogP contribution in [0.25, 0.3) is 0 Å². The van der Waals surface area contributed by atoms with E-state index in [-0.39, 0.29) is 18.9 Å². The number of allylic oxidation sites excluding steroid dienone is 5. The van der Waals surface area contributed by atoms with Crippen LogP contribution in [0.1, 0.15) is 187 Å². The van der Waals surface area contributed by atoms with Crippen LogP contribution in [-0.2, 0) is 23.7 Å². The van der Waals surface area contributed by atoms with E-state index in [4.69, 9.17) is 18.9 Å². The van der Waals surface area contributed by atoms with Crippen molar-refractivity contribution >= 4 is 5.91 Å². The first-order valence-electron chi connectivity index (χ1n) is 25.7. The molecule has 0 spiro atoms. The molecule has 2 aliphatic rings. The molecule has 0 bridgehead atoms. The van der Waals surface area contributed by atoms with Crippen molar-refractivity contribution in [1.82, 2.24) is 5.32 Å².